The van der Waals surface area contributed by atoms with Gasteiger partial charge in [-0.05, 0) is 55.7 Å². The molecular formula is C24H35ClN2O5. The van der Waals surface area contributed by atoms with E-state index in [1.165, 1.54) is 0 Å². The minimum Gasteiger partial charge on any atom is -0.449 e. The van der Waals surface area contributed by atoms with Gasteiger partial charge in [0.2, 0.25) is 5.91 Å². The number of alkyl carbamates (subject to hydrolysis) is 1. The lowest BCUT2D eigenvalue weighted by molar-refractivity contribution is -0.126. The number of aliphatic hydroxyl groups excluding tert-OH is 1. The average molecular weight is 467 g/mol. The van der Waals surface area contributed by atoms with Crippen molar-refractivity contribution >= 4 is 29.4 Å². The molecule has 1 aliphatic rings. The van der Waals surface area contributed by atoms with Crippen LogP contribution in [0.2, 0.25) is 5.02 Å². The van der Waals surface area contributed by atoms with Crippen LogP contribution in [0.5, 0.6) is 0 Å². The van der Waals surface area contributed by atoms with Crippen molar-refractivity contribution in [3.05, 3.63) is 34.9 Å². The second-order valence-electron chi connectivity index (χ2n) is 9.03. The fourth-order valence-electron chi connectivity index (χ4n) is 3.97. The molecule has 1 unspecified atom stereocenters. The number of nitrogens with one attached hydrogen (secondary N) is 2. The molecule has 2 rings (SSSR count). The van der Waals surface area contributed by atoms with Crippen LogP contribution >= 0.6 is 11.6 Å². The summed E-state index contributed by atoms with van der Waals surface area (Å²) >= 11 is 5.97. The Kier molecular flexibility index (Phi) is 10.5. The first kappa shape index (κ1) is 26.1. The largest absolute Gasteiger partial charge is 0.449 e. The van der Waals surface area contributed by atoms with Crippen molar-refractivity contribution in [1.82, 2.24) is 10.6 Å². The molecular weight excluding hydrogens is 432 g/mol. The van der Waals surface area contributed by atoms with Gasteiger partial charge in [0, 0.05) is 30.3 Å². The molecule has 0 aliphatic carbocycles. The number of Topliss-reactive ketones (excluding diaryl/α,β-unsaturated/α-hetero) is 1. The van der Waals surface area contributed by atoms with Crippen molar-refractivity contribution in [2.45, 2.75) is 65.0 Å². The van der Waals surface area contributed by atoms with E-state index in [1.54, 1.807) is 13.0 Å². The predicted octanol–water partition coefficient (Wildman–Crippen LogP) is 3.51. The molecule has 7 nitrogen and oxygen atoms in total. The van der Waals surface area contributed by atoms with Crippen LogP contribution in [0.15, 0.2) is 24.3 Å². The molecule has 4 atom stereocenters. The number of aliphatic hydroxyl groups is 1. The number of amides is 2. The van der Waals surface area contributed by atoms with Gasteiger partial charge in [-0.3, -0.25) is 9.59 Å². The molecule has 0 radical (unpaired) electrons. The summed E-state index contributed by atoms with van der Waals surface area (Å²) in [6.45, 7) is 6.38. The fourth-order valence-corrected chi connectivity index (χ4v) is 4.18. The van der Waals surface area contributed by atoms with Crippen LogP contribution in [0, 0.1) is 17.8 Å². The number of ether oxygens (including phenoxy) is 1. The average Bonchev–Trinajstić information content (AvgIpc) is 3.11. The van der Waals surface area contributed by atoms with E-state index in [-0.39, 0.29) is 42.5 Å². The van der Waals surface area contributed by atoms with Gasteiger partial charge in [-0.2, -0.15) is 0 Å². The van der Waals surface area contributed by atoms with Crippen LogP contribution in [-0.4, -0.2) is 48.2 Å². The Labute approximate surface area is 195 Å². The van der Waals surface area contributed by atoms with Gasteiger partial charge < -0.3 is 20.5 Å². The zero-order valence-corrected chi connectivity index (χ0v) is 19.9. The van der Waals surface area contributed by atoms with Gasteiger partial charge in [-0.15, -0.1) is 0 Å². The molecule has 1 fully saturated rings. The molecule has 3 N–H and O–H groups in total. The summed E-state index contributed by atoms with van der Waals surface area (Å²) in [5, 5.41) is 16.3. The van der Waals surface area contributed by atoms with Gasteiger partial charge in [0.1, 0.15) is 0 Å². The van der Waals surface area contributed by atoms with Crippen LogP contribution in [0.25, 0.3) is 0 Å². The Hall–Kier alpha value is -2.12. The molecule has 0 aromatic heterocycles. The molecule has 1 heterocycles. The van der Waals surface area contributed by atoms with E-state index in [1.807, 2.05) is 32.0 Å². The first-order valence-electron chi connectivity index (χ1n) is 11.3. The topological polar surface area (TPSA) is 105 Å². The van der Waals surface area contributed by atoms with Crippen molar-refractivity contribution < 1.29 is 24.2 Å². The van der Waals surface area contributed by atoms with Crippen molar-refractivity contribution in [2.24, 2.45) is 17.8 Å². The van der Waals surface area contributed by atoms with Crippen LogP contribution in [0.3, 0.4) is 0 Å². The van der Waals surface area contributed by atoms with E-state index < -0.39 is 18.2 Å². The number of carbonyl (C=O) groups is 3. The Balaban J connectivity index is 1.90. The third-order valence-corrected chi connectivity index (χ3v) is 6.03. The van der Waals surface area contributed by atoms with Crippen molar-refractivity contribution in [3.63, 3.8) is 0 Å². The van der Waals surface area contributed by atoms with Gasteiger partial charge in [-0.25, -0.2) is 4.79 Å². The minimum atomic E-state index is -0.725. The number of rotatable bonds is 12. The van der Waals surface area contributed by atoms with Crippen LogP contribution < -0.4 is 10.6 Å². The molecule has 0 saturated carbocycles. The monoisotopic (exact) mass is 466 g/mol. The van der Waals surface area contributed by atoms with E-state index >= 15 is 0 Å². The third kappa shape index (κ3) is 8.79. The minimum absolute atomic E-state index is 0.0248. The molecule has 1 aromatic rings. The quantitative estimate of drug-likeness (QED) is 0.437. The summed E-state index contributed by atoms with van der Waals surface area (Å²) in [6.07, 6.45) is 0.882. The highest BCUT2D eigenvalue weighted by molar-refractivity contribution is 6.30. The van der Waals surface area contributed by atoms with E-state index in [2.05, 4.69) is 10.6 Å². The molecule has 178 valence electrons. The van der Waals surface area contributed by atoms with Crippen molar-refractivity contribution in [3.8, 4) is 0 Å². The molecule has 0 bridgehead atoms. The first-order valence-corrected chi connectivity index (χ1v) is 11.7. The molecule has 0 spiro atoms. The Morgan fingerprint density at radius 1 is 1.31 bits per heavy atom. The maximum Gasteiger partial charge on any atom is 0.407 e. The molecule has 1 aromatic carbocycles. The molecule has 1 saturated heterocycles. The Morgan fingerprint density at radius 2 is 2.06 bits per heavy atom. The number of halogens is 1. The summed E-state index contributed by atoms with van der Waals surface area (Å²) < 4.78 is 5.27. The second kappa shape index (κ2) is 12.8. The highest BCUT2D eigenvalue weighted by atomic mass is 35.5. The summed E-state index contributed by atoms with van der Waals surface area (Å²) in [6, 6.07) is 6.63. The lowest BCUT2D eigenvalue weighted by Crippen LogP contribution is -2.43. The zero-order valence-electron chi connectivity index (χ0n) is 19.1. The van der Waals surface area contributed by atoms with Gasteiger partial charge in [0.15, 0.2) is 5.78 Å². The lowest BCUT2D eigenvalue weighted by Gasteiger charge is -2.25. The van der Waals surface area contributed by atoms with Crippen LogP contribution in [0.4, 0.5) is 4.79 Å². The SMILES string of the molecule is CC(C)C[C@H](NC(=O)OCCc1cccc(Cl)c1)C(=O)C[C@@H](C[C@@H]1CCNC1=O)C(C)O. The first-order chi connectivity index (χ1) is 15.2. The Morgan fingerprint density at radius 3 is 2.66 bits per heavy atom. The third-order valence-electron chi connectivity index (χ3n) is 5.80. The summed E-state index contributed by atoms with van der Waals surface area (Å²) in [4.78, 5) is 37.3. The number of hydrogen-bond donors (Lipinski definition) is 3. The van der Waals surface area contributed by atoms with E-state index in [4.69, 9.17) is 16.3 Å². The number of benzene rings is 1. The maximum absolute atomic E-state index is 13.0. The summed E-state index contributed by atoms with van der Waals surface area (Å²) in [5.41, 5.74) is 0.954. The number of carbonyl (C=O) groups excluding carboxylic acids is 3. The molecule has 1 aliphatic heterocycles. The summed E-state index contributed by atoms with van der Waals surface area (Å²) in [7, 11) is 0. The molecule has 8 heteroatoms. The predicted molar refractivity (Wildman–Crippen MR) is 123 cm³/mol. The van der Waals surface area contributed by atoms with Crippen molar-refractivity contribution in [2.75, 3.05) is 13.2 Å². The zero-order chi connectivity index (χ0) is 23.7. The number of hydrogen-bond acceptors (Lipinski definition) is 5. The normalized spacial score (nSPS) is 18.7. The number of ketones is 1. The van der Waals surface area contributed by atoms with E-state index in [0.29, 0.717) is 37.3 Å². The van der Waals surface area contributed by atoms with Gasteiger partial charge >= 0.3 is 6.09 Å². The summed E-state index contributed by atoms with van der Waals surface area (Å²) in [5.74, 6) is -0.527. The maximum atomic E-state index is 13.0. The highest BCUT2D eigenvalue weighted by Crippen LogP contribution is 2.26. The van der Waals surface area contributed by atoms with Crippen LogP contribution in [-0.2, 0) is 20.7 Å². The van der Waals surface area contributed by atoms with Gasteiger partial charge in [-0.1, -0.05) is 37.6 Å². The van der Waals surface area contributed by atoms with Crippen LogP contribution in [0.1, 0.15) is 52.0 Å². The molecule has 32 heavy (non-hydrogen) atoms. The van der Waals surface area contributed by atoms with E-state index in [0.717, 1.165) is 5.56 Å². The van der Waals surface area contributed by atoms with E-state index in [9.17, 15) is 19.5 Å². The standard InChI is InChI=1S/C24H35ClN2O5/c1-15(2)11-21(27-24(31)32-10-8-17-5-4-6-20(25)12-17)22(29)14-19(16(3)28)13-18-7-9-26-23(18)30/h4-6,12,15-16,18-19,21,28H,7-11,13-14H2,1-3H3,(H,26,30)(H,27,31)/t16?,18-,19+,21-/m0/s1. The van der Waals surface area contributed by atoms with Gasteiger partial charge in [0.05, 0.1) is 18.8 Å². The molecule has 2 amide bonds. The van der Waals surface area contributed by atoms with Crippen molar-refractivity contribution in [1.29, 1.82) is 0 Å². The smallest absolute Gasteiger partial charge is 0.407 e. The second-order valence-corrected chi connectivity index (χ2v) is 9.46. The Bertz CT molecular complexity index is 783. The lowest BCUT2D eigenvalue weighted by atomic mass is 9.84. The fraction of sp³-hybridized carbons (Fsp3) is 0.625. The van der Waals surface area contributed by atoms with Gasteiger partial charge in [0.25, 0.3) is 0 Å². The highest BCUT2D eigenvalue weighted by Gasteiger charge is 2.32.